The average molecular weight is 417 g/mol. The van der Waals surface area contributed by atoms with Crippen LogP contribution in [0.1, 0.15) is 5.56 Å². The number of ether oxygens (including phenoxy) is 2. The van der Waals surface area contributed by atoms with Gasteiger partial charge in [-0.25, -0.2) is 4.79 Å². The molecule has 2 aliphatic rings. The van der Waals surface area contributed by atoms with Crippen molar-refractivity contribution >= 4 is 34.9 Å². The molecule has 7 heteroatoms. The van der Waals surface area contributed by atoms with Gasteiger partial charge in [0.05, 0.1) is 35.2 Å². The zero-order valence-corrected chi connectivity index (χ0v) is 16.3. The van der Waals surface area contributed by atoms with Crippen molar-refractivity contribution in [3.8, 4) is 11.8 Å². The van der Waals surface area contributed by atoms with E-state index in [0.717, 1.165) is 5.56 Å². The van der Waals surface area contributed by atoms with Crippen LogP contribution >= 0.6 is 23.2 Å². The molecule has 2 amide bonds. The van der Waals surface area contributed by atoms with Crippen LogP contribution in [0.3, 0.4) is 0 Å². The highest BCUT2D eigenvalue weighted by atomic mass is 35.5. The number of rotatable bonds is 2. The van der Waals surface area contributed by atoms with Crippen molar-refractivity contribution < 1.29 is 14.3 Å². The first kappa shape index (κ1) is 19.1. The van der Waals surface area contributed by atoms with E-state index in [0.29, 0.717) is 28.9 Å². The molecule has 0 spiro atoms. The van der Waals surface area contributed by atoms with E-state index in [2.05, 4.69) is 22.5 Å². The van der Waals surface area contributed by atoms with Gasteiger partial charge in [0, 0.05) is 11.3 Å². The van der Waals surface area contributed by atoms with E-state index in [4.69, 9.17) is 32.7 Å². The van der Waals surface area contributed by atoms with Gasteiger partial charge in [0.25, 0.3) is 0 Å². The molecule has 2 N–H and O–H groups in total. The number of halogens is 2. The average Bonchev–Trinajstić information content (AvgIpc) is 3.27. The number of urea groups is 1. The van der Waals surface area contributed by atoms with Gasteiger partial charge in [-0.15, -0.1) is 0 Å². The third-order valence-corrected chi connectivity index (χ3v) is 5.46. The van der Waals surface area contributed by atoms with Crippen molar-refractivity contribution in [1.82, 2.24) is 5.32 Å². The first-order valence-corrected chi connectivity index (χ1v) is 9.68. The molecule has 4 atom stereocenters. The summed E-state index contributed by atoms with van der Waals surface area (Å²) in [6.45, 7) is 0.870. The number of fused-ring (bicyclic) bond motifs is 1. The van der Waals surface area contributed by atoms with Crippen molar-refractivity contribution in [2.24, 2.45) is 5.92 Å². The maximum absolute atomic E-state index is 12.3. The summed E-state index contributed by atoms with van der Waals surface area (Å²) in [6.07, 6.45) is -0.360. The van der Waals surface area contributed by atoms with Crippen LogP contribution in [0.2, 0.25) is 10.0 Å². The van der Waals surface area contributed by atoms with Gasteiger partial charge in [-0.05, 0) is 30.3 Å². The molecule has 2 aliphatic heterocycles. The van der Waals surface area contributed by atoms with E-state index in [-0.39, 0.29) is 30.2 Å². The lowest BCUT2D eigenvalue weighted by Crippen LogP contribution is -2.45. The molecule has 144 valence electrons. The van der Waals surface area contributed by atoms with Crippen molar-refractivity contribution in [2.75, 3.05) is 18.5 Å². The third kappa shape index (κ3) is 4.26. The summed E-state index contributed by atoms with van der Waals surface area (Å²) in [4.78, 5) is 12.3. The summed E-state index contributed by atoms with van der Waals surface area (Å²) in [5.74, 6) is 6.38. The van der Waals surface area contributed by atoms with Crippen LogP contribution in [0, 0.1) is 17.8 Å². The minimum Gasteiger partial charge on any atom is -0.372 e. The number of carbonyl (C=O) groups is 1. The lowest BCUT2D eigenvalue weighted by molar-refractivity contribution is 0.0666. The van der Waals surface area contributed by atoms with Crippen molar-refractivity contribution in [3.63, 3.8) is 0 Å². The van der Waals surface area contributed by atoms with Crippen LogP contribution in [0.25, 0.3) is 0 Å². The fourth-order valence-corrected chi connectivity index (χ4v) is 3.65. The monoisotopic (exact) mass is 416 g/mol. The second-order valence-electron chi connectivity index (χ2n) is 6.67. The Morgan fingerprint density at radius 2 is 1.79 bits per heavy atom. The zero-order chi connectivity index (χ0) is 19.5. The fraction of sp³-hybridized carbons (Fsp3) is 0.286. The maximum Gasteiger partial charge on any atom is 0.319 e. The smallest absolute Gasteiger partial charge is 0.319 e. The molecular formula is C21H18Cl2N2O3. The van der Waals surface area contributed by atoms with Crippen LogP contribution < -0.4 is 10.6 Å². The van der Waals surface area contributed by atoms with Gasteiger partial charge in [-0.2, -0.15) is 0 Å². The van der Waals surface area contributed by atoms with Crippen LogP contribution in [-0.2, 0) is 9.47 Å². The van der Waals surface area contributed by atoms with E-state index in [9.17, 15) is 4.79 Å². The molecule has 2 aromatic rings. The highest BCUT2D eigenvalue weighted by Crippen LogP contribution is 2.31. The van der Waals surface area contributed by atoms with Gasteiger partial charge in [-0.1, -0.05) is 53.2 Å². The van der Waals surface area contributed by atoms with Crippen LogP contribution in [0.4, 0.5) is 10.5 Å². The number of amides is 2. The molecule has 2 heterocycles. The van der Waals surface area contributed by atoms with Crippen LogP contribution in [-0.4, -0.2) is 37.5 Å². The molecule has 2 aromatic carbocycles. The lowest BCUT2D eigenvalue weighted by atomic mass is 10.0. The van der Waals surface area contributed by atoms with E-state index >= 15 is 0 Å². The Morgan fingerprint density at radius 3 is 2.57 bits per heavy atom. The molecule has 0 bridgehead atoms. The Hall–Kier alpha value is -2.23. The molecule has 28 heavy (non-hydrogen) atoms. The second-order valence-corrected chi connectivity index (χ2v) is 7.49. The van der Waals surface area contributed by atoms with Crippen LogP contribution in [0.15, 0.2) is 48.5 Å². The van der Waals surface area contributed by atoms with E-state index in [1.807, 2.05) is 30.3 Å². The third-order valence-electron chi connectivity index (χ3n) is 4.72. The molecule has 0 aromatic heterocycles. The van der Waals surface area contributed by atoms with Crippen molar-refractivity contribution in [2.45, 2.75) is 18.2 Å². The van der Waals surface area contributed by atoms with Gasteiger partial charge in [-0.3, -0.25) is 0 Å². The first-order valence-electron chi connectivity index (χ1n) is 8.92. The lowest BCUT2D eigenvalue weighted by Gasteiger charge is -2.18. The number of anilines is 1. The topological polar surface area (TPSA) is 59.6 Å². The van der Waals surface area contributed by atoms with Crippen molar-refractivity contribution in [1.29, 1.82) is 0 Å². The predicted octanol–water partition coefficient (Wildman–Crippen LogP) is 3.95. The number of hydrogen-bond donors (Lipinski definition) is 2. The Kier molecular flexibility index (Phi) is 5.74. The SMILES string of the molecule is O=C(Nc1ccc(Cl)c(Cl)c1)N[C@H]1COC2[C@H](C#Cc3ccccc3)CO[C@@H]21. The van der Waals surface area contributed by atoms with Crippen molar-refractivity contribution in [3.05, 3.63) is 64.1 Å². The molecule has 0 aliphatic carbocycles. The summed E-state index contributed by atoms with van der Waals surface area (Å²) in [7, 11) is 0. The number of hydrogen-bond acceptors (Lipinski definition) is 3. The summed E-state index contributed by atoms with van der Waals surface area (Å²) in [5, 5.41) is 6.45. The predicted molar refractivity (Wildman–Crippen MR) is 109 cm³/mol. The Labute approximate surface area is 173 Å². The summed E-state index contributed by atoms with van der Waals surface area (Å²) < 4.78 is 11.7. The molecule has 0 radical (unpaired) electrons. The molecule has 1 unspecified atom stereocenters. The molecule has 5 nitrogen and oxygen atoms in total. The van der Waals surface area contributed by atoms with Gasteiger partial charge in [0.15, 0.2) is 0 Å². The Balaban J connectivity index is 1.35. The number of nitrogens with one attached hydrogen (secondary N) is 2. The van der Waals surface area contributed by atoms with Gasteiger partial charge < -0.3 is 20.1 Å². The highest BCUT2D eigenvalue weighted by Gasteiger charge is 2.47. The minimum absolute atomic E-state index is 0.0184. The highest BCUT2D eigenvalue weighted by molar-refractivity contribution is 6.42. The molecule has 2 saturated heterocycles. The quantitative estimate of drug-likeness (QED) is 0.728. The van der Waals surface area contributed by atoms with E-state index in [1.54, 1.807) is 18.2 Å². The zero-order valence-electron chi connectivity index (χ0n) is 14.8. The summed E-state index contributed by atoms with van der Waals surface area (Å²) in [5.41, 5.74) is 1.51. The fourth-order valence-electron chi connectivity index (χ4n) is 3.35. The normalized spacial score (nSPS) is 25.5. The van der Waals surface area contributed by atoms with Crippen LogP contribution in [0.5, 0.6) is 0 Å². The second kappa shape index (κ2) is 8.42. The molecule has 0 saturated carbocycles. The van der Waals surface area contributed by atoms with E-state index in [1.165, 1.54) is 0 Å². The number of benzene rings is 2. The first-order chi connectivity index (χ1) is 13.6. The number of carbonyl (C=O) groups excluding carboxylic acids is 1. The molecule has 4 rings (SSSR count). The Morgan fingerprint density at radius 1 is 1.00 bits per heavy atom. The molecule has 2 fully saturated rings. The maximum atomic E-state index is 12.3. The van der Waals surface area contributed by atoms with Gasteiger partial charge >= 0.3 is 6.03 Å². The summed E-state index contributed by atoms with van der Waals surface area (Å²) >= 11 is 11.9. The van der Waals surface area contributed by atoms with E-state index < -0.39 is 0 Å². The van der Waals surface area contributed by atoms with Gasteiger partial charge in [0.2, 0.25) is 0 Å². The molecular weight excluding hydrogens is 399 g/mol. The Bertz CT molecular complexity index is 926. The largest absolute Gasteiger partial charge is 0.372 e. The van der Waals surface area contributed by atoms with Gasteiger partial charge in [0.1, 0.15) is 12.2 Å². The summed E-state index contributed by atoms with van der Waals surface area (Å²) in [6, 6.07) is 14.1. The standard InChI is InChI=1S/C21H18Cl2N2O3/c22-16-9-8-15(10-17(16)23)24-21(26)25-18-12-28-19-14(11-27-20(18)19)7-6-13-4-2-1-3-5-13/h1-5,8-10,14,18-20H,11-12H2,(H2,24,25,26)/t14-,18+,19?,20-/m1/s1. The minimum atomic E-state index is -0.352.